The van der Waals surface area contributed by atoms with E-state index < -0.39 is 0 Å². The summed E-state index contributed by atoms with van der Waals surface area (Å²) in [6.45, 7) is 4.63. The first kappa shape index (κ1) is 11.5. The fraction of sp³-hybridized carbons (Fsp3) is 0.308. The summed E-state index contributed by atoms with van der Waals surface area (Å²) in [5.41, 5.74) is 9.00. The lowest BCUT2D eigenvalue weighted by Gasteiger charge is -2.06. The van der Waals surface area contributed by atoms with Crippen LogP contribution in [0.25, 0.3) is 11.1 Å². The molecular weight excluding hydrogens is 214 g/mol. The van der Waals surface area contributed by atoms with Crippen molar-refractivity contribution < 1.29 is 4.74 Å². The first-order chi connectivity index (χ1) is 8.13. The molecule has 0 amide bonds. The van der Waals surface area contributed by atoms with Gasteiger partial charge in [0.15, 0.2) is 5.82 Å². The molecular formula is C13H17N3O. The van der Waals surface area contributed by atoms with Gasteiger partial charge >= 0.3 is 0 Å². The minimum Gasteiger partial charge on any atom is -0.494 e. The molecule has 2 aromatic rings. The molecule has 1 heterocycles. The Morgan fingerprint density at radius 3 is 2.76 bits per heavy atom. The van der Waals surface area contributed by atoms with Crippen LogP contribution in [0.3, 0.4) is 0 Å². The van der Waals surface area contributed by atoms with E-state index in [1.807, 2.05) is 45.2 Å². The monoisotopic (exact) mass is 231 g/mol. The van der Waals surface area contributed by atoms with E-state index in [4.69, 9.17) is 10.5 Å². The van der Waals surface area contributed by atoms with Crippen molar-refractivity contribution in [3.63, 3.8) is 0 Å². The highest BCUT2D eigenvalue weighted by molar-refractivity contribution is 5.77. The standard InChI is InChI=1S/C13H17N3O/c1-4-17-11-7-5-6-10(8-11)12-9(2)16(3)15-13(12)14/h5-8H,4H2,1-3H3,(H2,14,15). The Morgan fingerprint density at radius 1 is 1.41 bits per heavy atom. The average molecular weight is 231 g/mol. The van der Waals surface area contributed by atoms with Gasteiger partial charge in [0.25, 0.3) is 0 Å². The number of benzene rings is 1. The van der Waals surface area contributed by atoms with E-state index in [0.29, 0.717) is 12.4 Å². The fourth-order valence-corrected chi connectivity index (χ4v) is 1.90. The molecule has 4 nitrogen and oxygen atoms in total. The van der Waals surface area contributed by atoms with Crippen LogP contribution in [0.1, 0.15) is 12.6 Å². The van der Waals surface area contributed by atoms with Crippen LogP contribution in [0, 0.1) is 6.92 Å². The first-order valence-electron chi connectivity index (χ1n) is 5.65. The number of ether oxygens (including phenoxy) is 1. The summed E-state index contributed by atoms with van der Waals surface area (Å²) >= 11 is 0. The van der Waals surface area contributed by atoms with Crippen LogP contribution in [0.5, 0.6) is 5.75 Å². The summed E-state index contributed by atoms with van der Waals surface area (Å²) < 4.78 is 7.28. The van der Waals surface area contributed by atoms with Gasteiger partial charge in [0.1, 0.15) is 5.75 Å². The molecule has 2 N–H and O–H groups in total. The van der Waals surface area contributed by atoms with Gasteiger partial charge in [-0.25, -0.2) is 0 Å². The number of nitrogens with zero attached hydrogens (tertiary/aromatic N) is 2. The minimum atomic E-state index is 0.554. The van der Waals surface area contributed by atoms with E-state index in [1.165, 1.54) is 0 Å². The molecule has 17 heavy (non-hydrogen) atoms. The number of aryl methyl sites for hydroxylation is 1. The van der Waals surface area contributed by atoms with Crippen molar-refractivity contribution in [1.29, 1.82) is 0 Å². The Balaban J connectivity index is 2.49. The summed E-state index contributed by atoms with van der Waals surface area (Å²) in [7, 11) is 1.89. The lowest BCUT2D eigenvalue weighted by molar-refractivity contribution is 0.340. The van der Waals surface area contributed by atoms with Crippen molar-refractivity contribution in [3.8, 4) is 16.9 Å². The van der Waals surface area contributed by atoms with E-state index in [2.05, 4.69) is 5.10 Å². The molecule has 4 heteroatoms. The first-order valence-corrected chi connectivity index (χ1v) is 5.65. The zero-order chi connectivity index (χ0) is 12.4. The molecule has 1 aromatic carbocycles. The SMILES string of the molecule is CCOc1cccc(-c2c(N)nn(C)c2C)c1. The van der Waals surface area contributed by atoms with E-state index in [-0.39, 0.29) is 0 Å². The van der Waals surface area contributed by atoms with Crippen LogP contribution in [-0.4, -0.2) is 16.4 Å². The molecule has 0 fully saturated rings. The van der Waals surface area contributed by atoms with Gasteiger partial charge < -0.3 is 10.5 Å². The maximum atomic E-state index is 5.93. The molecule has 0 spiro atoms. The molecule has 0 radical (unpaired) electrons. The van der Waals surface area contributed by atoms with Crippen molar-refractivity contribution in [1.82, 2.24) is 9.78 Å². The number of aromatic nitrogens is 2. The third kappa shape index (κ3) is 2.11. The normalized spacial score (nSPS) is 10.5. The van der Waals surface area contributed by atoms with Crippen molar-refractivity contribution in [3.05, 3.63) is 30.0 Å². The van der Waals surface area contributed by atoms with Crippen LogP contribution in [0.15, 0.2) is 24.3 Å². The van der Waals surface area contributed by atoms with Gasteiger partial charge in [-0.3, -0.25) is 4.68 Å². The lowest BCUT2D eigenvalue weighted by atomic mass is 10.1. The second kappa shape index (κ2) is 4.49. The summed E-state index contributed by atoms with van der Waals surface area (Å²) in [5.74, 6) is 1.41. The second-order valence-corrected chi connectivity index (χ2v) is 3.93. The predicted molar refractivity (Wildman–Crippen MR) is 69.0 cm³/mol. The van der Waals surface area contributed by atoms with E-state index in [1.54, 1.807) is 4.68 Å². The second-order valence-electron chi connectivity index (χ2n) is 3.93. The number of hydrogen-bond acceptors (Lipinski definition) is 3. The molecule has 0 bridgehead atoms. The number of nitrogens with two attached hydrogens (primary N) is 1. The Morgan fingerprint density at radius 2 is 2.18 bits per heavy atom. The smallest absolute Gasteiger partial charge is 0.153 e. The largest absolute Gasteiger partial charge is 0.494 e. The summed E-state index contributed by atoms with van der Waals surface area (Å²) in [5, 5.41) is 4.22. The molecule has 0 saturated carbocycles. The highest BCUT2D eigenvalue weighted by atomic mass is 16.5. The van der Waals surface area contributed by atoms with Crippen molar-refractivity contribution in [2.45, 2.75) is 13.8 Å². The Bertz CT molecular complexity index is 531. The average Bonchev–Trinajstić information content (AvgIpc) is 2.54. The third-order valence-corrected chi connectivity index (χ3v) is 2.79. The van der Waals surface area contributed by atoms with Crippen LogP contribution in [-0.2, 0) is 7.05 Å². The van der Waals surface area contributed by atoms with Gasteiger partial charge in [-0.05, 0) is 31.5 Å². The maximum Gasteiger partial charge on any atom is 0.153 e. The Labute approximate surface area is 101 Å². The van der Waals surface area contributed by atoms with Crippen molar-refractivity contribution in [2.24, 2.45) is 7.05 Å². The van der Waals surface area contributed by atoms with Gasteiger partial charge in [-0.15, -0.1) is 0 Å². The van der Waals surface area contributed by atoms with Crippen molar-refractivity contribution in [2.75, 3.05) is 12.3 Å². The fourth-order valence-electron chi connectivity index (χ4n) is 1.90. The summed E-state index contributed by atoms with van der Waals surface area (Å²) in [6, 6.07) is 7.91. The van der Waals surface area contributed by atoms with Gasteiger partial charge in [0.05, 0.1) is 6.61 Å². The molecule has 0 saturated heterocycles. The van der Waals surface area contributed by atoms with Crippen molar-refractivity contribution >= 4 is 5.82 Å². The topological polar surface area (TPSA) is 53.1 Å². The molecule has 0 atom stereocenters. The Hall–Kier alpha value is -1.97. The minimum absolute atomic E-state index is 0.554. The van der Waals surface area contributed by atoms with Crippen LogP contribution in [0.2, 0.25) is 0 Å². The van der Waals surface area contributed by atoms with E-state index in [9.17, 15) is 0 Å². The molecule has 0 unspecified atom stereocenters. The number of nitrogen functional groups attached to an aromatic ring is 1. The van der Waals surface area contributed by atoms with E-state index >= 15 is 0 Å². The predicted octanol–water partition coefficient (Wildman–Crippen LogP) is 2.38. The highest BCUT2D eigenvalue weighted by Gasteiger charge is 2.12. The molecule has 0 aliphatic carbocycles. The molecule has 1 aromatic heterocycles. The molecule has 90 valence electrons. The number of hydrogen-bond donors (Lipinski definition) is 1. The molecule has 2 rings (SSSR count). The summed E-state index contributed by atoms with van der Waals surface area (Å²) in [4.78, 5) is 0. The maximum absolute atomic E-state index is 5.93. The zero-order valence-corrected chi connectivity index (χ0v) is 10.4. The lowest BCUT2D eigenvalue weighted by Crippen LogP contribution is -1.93. The Kier molecular flexibility index (Phi) is 3.04. The third-order valence-electron chi connectivity index (χ3n) is 2.79. The van der Waals surface area contributed by atoms with Crippen LogP contribution < -0.4 is 10.5 Å². The van der Waals surface area contributed by atoms with Crippen LogP contribution in [0.4, 0.5) is 5.82 Å². The van der Waals surface area contributed by atoms with Gasteiger partial charge in [-0.2, -0.15) is 5.10 Å². The quantitative estimate of drug-likeness (QED) is 0.882. The summed E-state index contributed by atoms with van der Waals surface area (Å²) in [6.07, 6.45) is 0. The number of anilines is 1. The molecule has 0 aliphatic heterocycles. The van der Waals surface area contributed by atoms with Gasteiger partial charge in [-0.1, -0.05) is 12.1 Å². The van der Waals surface area contributed by atoms with E-state index in [0.717, 1.165) is 22.6 Å². The van der Waals surface area contributed by atoms with Crippen LogP contribution >= 0.6 is 0 Å². The molecule has 0 aliphatic rings. The zero-order valence-electron chi connectivity index (χ0n) is 10.4. The van der Waals surface area contributed by atoms with Gasteiger partial charge in [0.2, 0.25) is 0 Å². The number of rotatable bonds is 3. The highest BCUT2D eigenvalue weighted by Crippen LogP contribution is 2.30. The van der Waals surface area contributed by atoms with Gasteiger partial charge in [0, 0.05) is 18.3 Å².